The van der Waals surface area contributed by atoms with Crippen molar-refractivity contribution in [2.24, 2.45) is 17.8 Å². The molecule has 4 heteroatoms. The predicted molar refractivity (Wildman–Crippen MR) is 89.2 cm³/mol. The molecule has 1 unspecified atom stereocenters. The molecule has 0 amide bonds. The van der Waals surface area contributed by atoms with Gasteiger partial charge in [-0.2, -0.15) is 5.26 Å². The number of hydrogen-bond donors (Lipinski definition) is 0. The van der Waals surface area contributed by atoms with Crippen LogP contribution >= 0.6 is 0 Å². The molecule has 1 fully saturated rings. The van der Waals surface area contributed by atoms with Crippen molar-refractivity contribution in [3.05, 3.63) is 0 Å². The maximum Gasteiger partial charge on any atom is 0.0807 e. The van der Waals surface area contributed by atoms with Crippen LogP contribution in [0.2, 0.25) is 0 Å². The molecule has 0 saturated carbocycles. The van der Waals surface area contributed by atoms with Gasteiger partial charge >= 0.3 is 0 Å². The van der Waals surface area contributed by atoms with E-state index in [2.05, 4.69) is 57.1 Å². The third kappa shape index (κ3) is 2.95. The Bertz CT molecular complexity index is 338. The Balaban J connectivity index is 3.25. The fourth-order valence-electron chi connectivity index (χ4n) is 4.57. The molecule has 1 aliphatic heterocycles. The van der Waals surface area contributed by atoms with Gasteiger partial charge in [0.1, 0.15) is 0 Å². The Morgan fingerprint density at radius 3 is 2.15 bits per heavy atom. The van der Waals surface area contributed by atoms with Crippen LogP contribution in [0.5, 0.6) is 0 Å². The fraction of sp³-hybridized carbons (Fsp3) is 0.938. The molecule has 116 valence electrons. The van der Waals surface area contributed by atoms with E-state index in [4.69, 9.17) is 5.26 Å². The van der Waals surface area contributed by atoms with Crippen molar-refractivity contribution in [1.82, 2.24) is 9.47 Å². The molecule has 0 bridgehead atoms. The number of nitrogens with zero attached hydrogens (tertiary/aromatic N) is 3. The number of hydrogen-bond acceptors (Lipinski definition) is 3. The van der Waals surface area contributed by atoms with Crippen LogP contribution in [0.3, 0.4) is 0 Å². The maximum absolute atomic E-state index is 9.05. The van der Waals surface area contributed by atoms with Gasteiger partial charge in [-0.1, -0.05) is 41.5 Å². The second kappa shape index (κ2) is 7.06. The molecule has 1 saturated heterocycles. The second-order valence-electron chi connectivity index (χ2n) is 7.22. The SMILES string of the molecule is CC(C)C1CCN([SiH3])C(C(C)C)(C(C)C)N1CCC#N. The third-order valence-electron chi connectivity index (χ3n) is 5.17. The first-order valence-corrected chi connectivity index (χ1v) is 9.04. The summed E-state index contributed by atoms with van der Waals surface area (Å²) in [6.07, 6.45) is 1.88. The number of rotatable bonds is 5. The highest BCUT2D eigenvalue weighted by Gasteiger charge is 2.50. The Morgan fingerprint density at radius 1 is 1.20 bits per heavy atom. The molecule has 3 nitrogen and oxygen atoms in total. The van der Waals surface area contributed by atoms with Crippen molar-refractivity contribution < 1.29 is 0 Å². The van der Waals surface area contributed by atoms with E-state index in [9.17, 15) is 0 Å². The molecule has 0 aromatic carbocycles. The molecule has 0 radical (unpaired) electrons. The van der Waals surface area contributed by atoms with Gasteiger partial charge in [-0.05, 0) is 30.7 Å². The van der Waals surface area contributed by atoms with Gasteiger partial charge in [0.25, 0.3) is 0 Å². The molecule has 0 aliphatic carbocycles. The van der Waals surface area contributed by atoms with Gasteiger partial charge in [0.2, 0.25) is 0 Å². The minimum absolute atomic E-state index is 0.135. The molecule has 0 aromatic rings. The summed E-state index contributed by atoms with van der Waals surface area (Å²) >= 11 is 0. The van der Waals surface area contributed by atoms with Crippen LogP contribution in [-0.2, 0) is 0 Å². The van der Waals surface area contributed by atoms with Crippen LogP contribution < -0.4 is 0 Å². The first-order chi connectivity index (χ1) is 9.29. The summed E-state index contributed by atoms with van der Waals surface area (Å²) in [7, 11) is 1.10. The minimum Gasteiger partial charge on any atom is -0.315 e. The average molecular weight is 296 g/mol. The van der Waals surface area contributed by atoms with Crippen LogP contribution in [0.25, 0.3) is 0 Å². The molecule has 0 aromatic heterocycles. The van der Waals surface area contributed by atoms with Crippen molar-refractivity contribution in [3.8, 4) is 6.07 Å². The van der Waals surface area contributed by atoms with E-state index in [1.54, 1.807) is 0 Å². The lowest BCUT2D eigenvalue weighted by atomic mass is 9.78. The summed E-state index contributed by atoms with van der Waals surface area (Å²) in [4.78, 5) is 2.69. The van der Waals surface area contributed by atoms with Crippen LogP contribution in [-0.4, -0.2) is 44.7 Å². The van der Waals surface area contributed by atoms with Crippen molar-refractivity contribution in [1.29, 1.82) is 5.26 Å². The topological polar surface area (TPSA) is 30.3 Å². The molecule has 0 N–H and O–H groups in total. The first-order valence-electron chi connectivity index (χ1n) is 8.15. The summed E-state index contributed by atoms with van der Waals surface area (Å²) in [5, 5.41) is 9.05. The monoisotopic (exact) mass is 295 g/mol. The van der Waals surface area contributed by atoms with Gasteiger partial charge in [-0.15, -0.1) is 0 Å². The lowest BCUT2D eigenvalue weighted by Gasteiger charge is -2.62. The normalized spacial score (nSPS) is 24.7. The van der Waals surface area contributed by atoms with Gasteiger partial charge < -0.3 is 4.57 Å². The number of nitriles is 1. The van der Waals surface area contributed by atoms with Crippen molar-refractivity contribution in [2.75, 3.05) is 13.1 Å². The summed E-state index contributed by atoms with van der Waals surface area (Å²) in [6.45, 7) is 16.2. The first kappa shape index (κ1) is 17.7. The quantitative estimate of drug-likeness (QED) is 0.729. The van der Waals surface area contributed by atoms with Gasteiger partial charge in [0, 0.05) is 19.0 Å². The second-order valence-corrected chi connectivity index (χ2v) is 8.30. The van der Waals surface area contributed by atoms with E-state index >= 15 is 0 Å². The molecule has 20 heavy (non-hydrogen) atoms. The zero-order valence-electron chi connectivity index (χ0n) is 14.5. The highest BCUT2D eigenvalue weighted by Crippen LogP contribution is 2.42. The third-order valence-corrected chi connectivity index (χ3v) is 6.33. The molecular formula is C16H33N3Si. The van der Waals surface area contributed by atoms with Crippen LogP contribution in [0.4, 0.5) is 0 Å². The molecule has 1 atom stereocenters. The van der Waals surface area contributed by atoms with Crippen LogP contribution in [0.1, 0.15) is 54.4 Å². The fourth-order valence-corrected chi connectivity index (χ4v) is 6.11. The van der Waals surface area contributed by atoms with E-state index in [1.165, 1.54) is 13.0 Å². The van der Waals surface area contributed by atoms with E-state index in [0.29, 0.717) is 30.2 Å². The Labute approximate surface area is 128 Å². The van der Waals surface area contributed by atoms with Gasteiger partial charge in [-0.3, -0.25) is 4.90 Å². The highest BCUT2D eigenvalue weighted by atomic mass is 28.2. The van der Waals surface area contributed by atoms with Crippen LogP contribution in [0, 0.1) is 29.1 Å². The average Bonchev–Trinajstić information content (AvgIpc) is 2.34. The van der Waals surface area contributed by atoms with E-state index in [1.807, 2.05) is 0 Å². The minimum atomic E-state index is 0.135. The Kier molecular flexibility index (Phi) is 6.24. The summed E-state index contributed by atoms with van der Waals surface area (Å²) < 4.78 is 2.68. The summed E-state index contributed by atoms with van der Waals surface area (Å²) in [6, 6.07) is 2.97. The summed E-state index contributed by atoms with van der Waals surface area (Å²) in [5.74, 6) is 1.82. The van der Waals surface area contributed by atoms with Crippen molar-refractivity contribution >= 4 is 10.4 Å². The Morgan fingerprint density at radius 2 is 1.75 bits per heavy atom. The van der Waals surface area contributed by atoms with E-state index in [0.717, 1.165) is 16.9 Å². The van der Waals surface area contributed by atoms with Gasteiger partial charge in [0.15, 0.2) is 0 Å². The zero-order chi connectivity index (χ0) is 15.5. The molecule has 1 aliphatic rings. The highest BCUT2D eigenvalue weighted by molar-refractivity contribution is 6.05. The van der Waals surface area contributed by atoms with Gasteiger partial charge in [0.05, 0.1) is 22.1 Å². The van der Waals surface area contributed by atoms with E-state index < -0.39 is 0 Å². The summed E-state index contributed by atoms with van der Waals surface area (Å²) in [5.41, 5.74) is 0.135. The smallest absolute Gasteiger partial charge is 0.0807 e. The maximum atomic E-state index is 9.05. The lowest BCUT2D eigenvalue weighted by Crippen LogP contribution is -2.72. The lowest BCUT2D eigenvalue weighted by molar-refractivity contribution is -0.143. The van der Waals surface area contributed by atoms with Crippen molar-refractivity contribution in [3.63, 3.8) is 0 Å². The predicted octanol–water partition coefficient (Wildman–Crippen LogP) is 2.22. The van der Waals surface area contributed by atoms with Gasteiger partial charge in [-0.25, -0.2) is 0 Å². The molecular weight excluding hydrogens is 262 g/mol. The largest absolute Gasteiger partial charge is 0.315 e. The molecule has 1 heterocycles. The standard InChI is InChI=1S/C16H33N3Si/c1-12(2)15-8-11-19(20)16(13(3)4,14(5)6)18(15)10-7-9-17/h12-15H,7-8,10-11H2,1-6,20H3. The van der Waals surface area contributed by atoms with Crippen molar-refractivity contribution in [2.45, 2.75) is 66.1 Å². The Hall–Kier alpha value is -0.373. The van der Waals surface area contributed by atoms with E-state index in [-0.39, 0.29) is 5.66 Å². The molecule has 1 rings (SSSR count). The molecule has 0 spiro atoms. The zero-order valence-corrected chi connectivity index (χ0v) is 16.5. The van der Waals surface area contributed by atoms with Crippen LogP contribution in [0.15, 0.2) is 0 Å².